The molecule has 0 saturated carbocycles. The molecule has 0 unspecified atom stereocenters. The molecule has 0 spiro atoms. The van der Waals surface area contributed by atoms with Gasteiger partial charge in [-0.2, -0.15) is 0 Å². The van der Waals surface area contributed by atoms with Gasteiger partial charge in [-0.15, -0.1) is 0 Å². The lowest BCUT2D eigenvalue weighted by molar-refractivity contribution is -0.116. The second-order valence-corrected chi connectivity index (χ2v) is 4.23. The summed E-state index contributed by atoms with van der Waals surface area (Å²) in [6.45, 7) is 1.69. The number of Topliss-reactive ketones (excluding diaryl/α,β-unsaturated/α-hetero) is 2. The van der Waals surface area contributed by atoms with E-state index in [0.29, 0.717) is 34.0 Å². The van der Waals surface area contributed by atoms with Crippen LogP contribution >= 0.6 is 15.9 Å². The number of rotatable bonds is 0. The van der Waals surface area contributed by atoms with Crippen molar-refractivity contribution in [1.82, 2.24) is 0 Å². The third kappa shape index (κ3) is 1.23. The molecule has 2 rings (SSSR count). The number of ketones is 2. The first-order chi connectivity index (χ1) is 6.63. The summed E-state index contributed by atoms with van der Waals surface area (Å²) in [5.41, 5.74) is 1.87. The molecular formula is C11H9BrO2. The fourth-order valence-corrected chi connectivity index (χ4v) is 2.16. The van der Waals surface area contributed by atoms with Crippen molar-refractivity contribution >= 4 is 27.5 Å². The summed E-state index contributed by atoms with van der Waals surface area (Å²) in [5.74, 6) is -0.0164. The molecule has 0 saturated heterocycles. The Bertz CT molecular complexity index is 387. The molecule has 0 heterocycles. The predicted molar refractivity (Wildman–Crippen MR) is 57.0 cm³/mol. The zero-order valence-electron chi connectivity index (χ0n) is 7.76. The Balaban J connectivity index is 2.52. The first-order valence-corrected chi connectivity index (χ1v) is 5.25. The second-order valence-electron chi connectivity index (χ2n) is 3.43. The van der Waals surface area contributed by atoms with E-state index in [1.165, 1.54) is 0 Å². The van der Waals surface area contributed by atoms with E-state index in [0.717, 1.165) is 0 Å². The molecule has 0 aromatic rings. The van der Waals surface area contributed by atoms with Gasteiger partial charge in [-0.3, -0.25) is 9.59 Å². The highest BCUT2D eigenvalue weighted by molar-refractivity contribution is 9.12. The SMILES string of the molecule is CC1=C(Br)C(=O)C2=C(CC=CC2)C1=O. The van der Waals surface area contributed by atoms with Crippen LogP contribution in [0.15, 0.2) is 33.4 Å². The Kier molecular flexibility index (Phi) is 2.27. The summed E-state index contributed by atoms with van der Waals surface area (Å²) in [5, 5.41) is 0. The van der Waals surface area contributed by atoms with Gasteiger partial charge < -0.3 is 0 Å². The van der Waals surface area contributed by atoms with E-state index in [2.05, 4.69) is 15.9 Å². The third-order valence-corrected chi connectivity index (χ3v) is 3.55. The molecule has 2 aliphatic carbocycles. The Morgan fingerprint density at radius 2 is 1.57 bits per heavy atom. The van der Waals surface area contributed by atoms with Crippen LogP contribution in [-0.2, 0) is 9.59 Å². The summed E-state index contributed by atoms with van der Waals surface area (Å²) in [4.78, 5) is 23.6. The number of carbonyl (C=O) groups excluding carboxylic acids is 2. The van der Waals surface area contributed by atoms with Gasteiger partial charge in [0.15, 0.2) is 11.6 Å². The molecule has 0 amide bonds. The predicted octanol–water partition coefficient (Wildman–Crippen LogP) is 2.45. The first kappa shape index (κ1) is 9.59. The van der Waals surface area contributed by atoms with Crippen molar-refractivity contribution in [1.29, 1.82) is 0 Å². The van der Waals surface area contributed by atoms with Crippen LogP contribution in [0.25, 0.3) is 0 Å². The van der Waals surface area contributed by atoms with Gasteiger partial charge in [-0.25, -0.2) is 0 Å². The molecule has 0 N–H and O–H groups in total. The first-order valence-electron chi connectivity index (χ1n) is 4.45. The number of allylic oxidation sites excluding steroid dienone is 6. The number of halogens is 1. The molecule has 2 nitrogen and oxygen atoms in total. The van der Waals surface area contributed by atoms with E-state index in [-0.39, 0.29) is 11.6 Å². The monoisotopic (exact) mass is 252 g/mol. The Labute approximate surface area is 90.5 Å². The molecule has 0 atom stereocenters. The summed E-state index contributed by atoms with van der Waals surface area (Å²) >= 11 is 3.17. The van der Waals surface area contributed by atoms with Crippen LogP contribution in [0.1, 0.15) is 19.8 Å². The van der Waals surface area contributed by atoms with E-state index in [1.807, 2.05) is 12.2 Å². The van der Waals surface area contributed by atoms with Crippen LogP contribution in [0.3, 0.4) is 0 Å². The molecule has 0 bridgehead atoms. The van der Waals surface area contributed by atoms with Gasteiger partial charge >= 0.3 is 0 Å². The van der Waals surface area contributed by atoms with Crippen LogP contribution in [0, 0.1) is 0 Å². The van der Waals surface area contributed by atoms with Crippen molar-refractivity contribution in [3.05, 3.63) is 33.4 Å². The van der Waals surface area contributed by atoms with E-state index in [1.54, 1.807) is 6.92 Å². The molecular weight excluding hydrogens is 244 g/mol. The van der Waals surface area contributed by atoms with E-state index in [9.17, 15) is 9.59 Å². The largest absolute Gasteiger partial charge is 0.289 e. The number of hydrogen-bond donors (Lipinski definition) is 0. The van der Waals surface area contributed by atoms with Crippen LogP contribution in [0.2, 0.25) is 0 Å². The standard InChI is InChI=1S/C11H9BrO2/c1-6-9(12)11(14)8-5-3-2-4-7(8)10(6)13/h2-3H,4-5H2,1H3. The van der Waals surface area contributed by atoms with Crippen LogP contribution in [-0.4, -0.2) is 11.6 Å². The smallest absolute Gasteiger partial charge is 0.197 e. The fourth-order valence-electron chi connectivity index (χ4n) is 1.74. The maximum Gasteiger partial charge on any atom is 0.197 e. The van der Waals surface area contributed by atoms with Crippen LogP contribution < -0.4 is 0 Å². The maximum absolute atomic E-state index is 11.8. The van der Waals surface area contributed by atoms with Crippen molar-refractivity contribution < 1.29 is 9.59 Å². The molecule has 0 radical (unpaired) electrons. The minimum absolute atomic E-state index is 0.0100. The van der Waals surface area contributed by atoms with Gasteiger partial charge in [0.25, 0.3) is 0 Å². The quantitative estimate of drug-likeness (QED) is 0.491. The number of hydrogen-bond acceptors (Lipinski definition) is 2. The van der Waals surface area contributed by atoms with Gasteiger partial charge in [0.1, 0.15) is 0 Å². The summed E-state index contributed by atoms with van der Waals surface area (Å²) in [6.07, 6.45) is 5.06. The average molecular weight is 253 g/mol. The van der Waals surface area contributed by atoms with Crippen molar-refractivity contribution in [3.63, 3.8) is 0 Å². The molecule has 3 heteroatoms. The maximum atomic E-state index is 11.8. The minimum Gasteiger partial charge on any atom is -0.289 e. The number of carbonyl (C=O) groups is 2. The second kappa shape index (κ2) is 3.31. The van der Waals surface area contributed by atoms with E-state index < -0.39 is 0 Å². The van der Waals surface area contributed by atoms with Crippen LogP contribution in [0.5, 0.6) is 0 Å². The van der Waals surface area contributed by atoms with Crippen LogP contribution in [0.4, 0.5) is 0 Å². The molecule has 0 aromatic carbocycles. The third-order valence-electron chi connectivity index (χ3n) is 2.59. The van der Waals surface area contributed by atoms with E-state index >= 15 is 0 Å². The van der Waals surface area contributed by atoms with Crippen molar-refractivity contribution in [3.8, 4) is 0 Å². The van der Waals surface area contributed by atoms with Gasteiger partial charge in [-0.05, 0) is 35.7 Å². The lowest BCUT2D eigenvalue weighted by atomic mass is 9.84. The topological polar surface area (TPSA) is 34.1 Å². The zero-order chi connectivity index (χ0) is 10.3. The average Bonchev–Trinajstić information content (AvgIpc) is 2.23. The van der Waals surface area contributed by atoms with Gasteiger partial charge in [0.2, 0.25) is 0 Å². The van der Waals surface area contributed by atoms with E-state index in [4.69, 9.17) is 0 Å². The van der Waals surface area contributed by atoms with Crippen molar-refractivity contribution in [2.45, 2.75) is 19.8 Å². The molecule has 2 aliphatic rings. The summed E-state index contributed by atoms with van der Waals surface area (Å²) < 4.78 is 0.427. The molecule has 0 aromatic heterocycles. The van der Waals surface area contributed by atoms with Crippen molar-refractivity contribution in [2.75, 3.05) is 0 Å². The lowest BCUT2D eigenvalue weighted by Gasteiger charge is -2.20. The molecule has 0 fully saturated rings. The highest BCUT2D eigenvalue weighted by atomic mass is 79.9. The highest BCUT2D eigenvalue weighted by Gasteiger charge is 2.30. The van der Waals surface area contributed by atoms with Gasteiger partial charge in [0.05, 0.1) is 4.48 Å². The fraction of sp³-hybridized carbons (Fsp3) is 0.273. The Hall–Kier alpha value is -0.960. The lowest BCUT2D eigenvalue weighted by Crippen LogP contribution is -2.21. The minimum atomic E-state index is -0.0264. The zero-order valence-corrected chi connectivity index (χ0v) is 9.35. The molecule has 0 aliphatic heterocycles. The van der Waals surface area contributed by atoms with Gasteiger partial charge in [-0.1, -0.05) is 12.2 Å². The highest BCUT2D eigenvalue weighted by Crippen LogP contribution is 2.33. The van der Waals surface area contributed by atoms with Gasteiger partial charge in [0, 0.05) is 16.7 Å². The molecule has 72 valence electrons. The normalized spacial score (nSPS) is 21.9. The summed E-state index contributed by atoms with van der Waals surface area (Å²) in [7, 11) is 0. The Morgan fingerprint density at radius 1 is 1.07 bits per heavy atom. The van der Waals surface area contributed by atoms with Crippen molar-refractivity contribution in [2.24, 2.45) is 0 Å². The summed E-state index contributed by atoms with van der Waals surface area (Å²) in [6, 6.07) is 0. The molecule has 14 heavy (non-hydrogen) atoms. The Morgan fingerprint density at radius 3 is 2.14 bits per heavy atom.